The minimum absolute atomic E-state index is 0.0918. The van der Waals surface area contributed by atoms with Gasteiger partial charge < -0.3 is 10.2 Å². The van der Waals surface area contributed by atoms with Crippen LogP contribution < -0.4 is 10.2 Å². The second-order valence-corrected chi connectivity index (χ2v) is 6.33. The van der Waals surface area contributed by atoms with E-state index in [0.29, 0.717) is 10.6 Å². The van der Waals surface area contributed by atoms with Gasteiger partial charge in [-0.15, -0.1) is 0 Å². The molecule has 1 aliphatic rings. The van der Waals surface area contributed by atoms with Gasteiger partial charge in [-0.25, -0.2) is 0 Å². The third kappa shape index (κ3) is 3.91. The predicted molar refractivity (Wildman–Crippen MR) is 97.2 cm³/mol. The van der Waals surface area contributed by atoms with Crippen LogP contribution in [0.1, 0.15) is 28.8 Å². The second-order valence-electron chi connectivity index (χ2n) is 5.93. The molecule has 3 rings (SSSR count). The average Bonchev–Trinajstić information content (AvgIpc) is 3.14. The molecule has 0 aliphatic carbocycles. The summed E-state index contributed by atoms with van der Waals surface area (Å²) in [6, 6.07) is 11.7. The van der Waals surface area contributed by atoms with E-state index >= 15 is 0 Å². The van der Waals surface area contributed by atoms with E-state index in [9.17, 15) is 14.9 Å². The summed E-state index contributed by atoms with van der Waals surface area (Å²) >= 11 is 6.11. The van der Waals surface area contributed by atoms with Gasteiger partial charge in [-0.3, -0.25) is 14.9 Å². The summed E-state index contributed by atoms with van der Waals surface area (Å²) in [6.07, 6.45) is 2.11. The molecule has 0 aromatic heterocycles. The molecule has 0 unspecified atom stereocenters. The molecule has 1 N–H and O–H groups in total. The van der Waals surface area contributed by atoms with Gasteiger partial charge in [0.2, 0.25) is 0 Å². The Bertz CT molecular complexity index is 804. The number of halogens is 1. The molecule has 0 spiro atoms. The van der Waals surface area contributed by atoms with Gasteiger partial charge in [0.05, 0.1) is 16.2 Å². The number of hydrogen-bond donors (Lipinski definition) is 1. The molecular formula is C18H18ClN3O3. The summed E-state index contributed by atoms with van der Waals surface area (Å²) in [5.74, 6) is -0.342. The highest BCUT2D eigenvalue weighted by molar-refractivity contribution is 6.31. The fourth-order valence-electron chi connectivity index (χ4n) is 2.97. The van der Waals surface area contributed by atoms with E-state index in [1.54, 1.807) is 12.1 Å². The molecule has 1 fully saturated rings. The Balaban J connectivity index is 1.85. The van der Waals surface area contributed by atoms with Gasteiger partial charge in [0.25, 0.3) is 11.6 Å². The summed E-state index contributed by atoms with van der Waals surface area (Å²) in [4.78, 5) is 25.4. The lowest BCUT2D eigenvalue weighted by molar-refractivity contribution is -0.384. The molecule has 0 saturated carbocycles. The summed E-state index contributed by atoms with van der Waals surface area (Å²) in [7, 11) is 0. The molecule has 1 saturated heterocycles. The third-order valence-corrected chi connectivity index (χ3v) is 4.65. The van der Waals surface area contributed by atoms with Crippen molar-refractivity contribution in [2.75, 3.05) is 18.0 Å². The van der Waals surface area contributed by atoms with Crippen LogP contribution in [-0.4, -0.2) is 23.9 Å². The lowest BCUT2D eigenvalue weighted by atomic mass is 10.1. The molecular weight excluding hydrogens is 342 g/mol. The zero-order chi connectivity index (χ0) is 17.8. The molecule has 1 aliphatic heterocycles. The average molecular weight is 360 g/mol. The fourth-order valence-corrected chi connectivity index (χ4v) is 3.17. The van der Waals surface area contributed by atoms with Crippen molar-refractivity contribution in [2.45, 2.75) is 19.4 Å². The first kappa shape index (κ1) is 17.2. The zero-order valence-electron chi connectivity index (χ0n) is 13.6. The van der Waals surface area contributed by atoms with E-state index in [1.165, 1.54) is 12.1 Å². The number of nitrogens with one attached hydrogen (secondary N) is 1. The normalized spacial score (nSPS) is 13.7. The van der Waals surface area contributed by atoms with Crippen LogP contribution in [0.3, 0.4) is 0 Å². The third-order valence-electron chi connectivity index (χ3n) is 4.28. The maximum atomic E-state index is 12.7. The Morgan fingerprint density at radius 3 is 2.60 bits per heavy atom. The summed E-state index contributed by atoms with van der Waals surface area (Å²) in [5.41, 5.74) is 1.76. The molecule has 6 nitrogen and oxygen atoms in total. The zero-order valence-corrected chi connectivity index (χ0v) is 14.3. The Kier molecular flexibility index (Phi) is 5.19. The number of non-ortho nitro benzene ring substituents is 1. The second kappa shape index (κ2) is 7.53. The van der Waals surface area contributed by atoms with E-state index in [2.05, 4.69) is 10.2 Å². The number of nitro groups is 1. The first-order chi connectivity index (χ1) is 12.1. The highest BCUT2D eigenvalue weighted by atomic mass is 35.5. The van der Waals surface area contributed by atoms with Crippen molar-refractivity contribution in [2.24, 2.45) is 0 Å². The van der Waals surface area contributed by atoms with Crippen LogP contribution in [0.15, 0.2) is 42.5 Å². The van der Waals surface area contributed by atoms with Crippen molar-refractivity contribution in [1.29, 1.82) is 0 Å². The van der Waals surface area contributed by atoms with E-state index in [4.69, 9.17) is 11.6 Å². The summed E-state index contributed by atoms with van der Waals surface area (Å²) in [5, 5.41) is 14.5. The van der Waals surface area contributed by atoms with Gasteiger partial charge >= 0.3 is 0 Å². The number of nitrogens with zero attached hydrogens (tertiary/aromatic N) is 2. The maximum Gasteiger partial charge on any atom is 0.270 e. The minimum atomic E-state index is -0.487. The molecule has 0 atom stereocenters. The van der Waals surface area contributed by atoms with E-state index in [-0.39, 0.29) is 18.1 Å². The SMILES string of the molecule is O=C(NCc1ccccc1Cl)c1cc([N+](=O)[O-])ccc1N1CCCC1. The monoisotopic (exact) mass is 359 g/mol. The van der Waals surface area contributed by atoms with Gasteiger partial charge in [-0.05, 0) is 30.5 Å². The Labute approximate surface area is 150 Å². The molecule has 25 heavy (non-hydrogen) atoms. The molecule has 2 aromatic rings. The highest BCUT2D eigenvalue weighted by Gasteiger charge is 2.22. The Morgan fingerprint density at radius 1 is 1.20 bits per heavy atom. The highest BCUT2D eigenvalue weighted by Crippen LogP contribution is 2.28. The van der Waals surface area contributed by atoms with Crippen molar-refractivity contribution in [3.63, 3.8) is 0 Å². The van der Waals surface area contributed by atoms with Crippen LogP contribution in [0.2, 0.25) is 5.02 Å². The number of rotatable bonds is 5. The smallest absolute Gasteiger partial charge is 0.270 e. The Morgan fingerprint density at radius 2 is 1.92 bits per heavy atom. The van der Waals surface area contributed by atoms with Crippen LogP contribution in [0.4, 0.5) is 11.4 Å². The lowest BCUT2D eigenvalue weighted by Crippen LogP contribution is -2.27. The molecule has 130 valence electrons. The largest absolute Gasteiger partial charge is 0.371 e. The lowest BCUT2D eigenvalue weighted by Gasteiger charge is -2.21. The number of amides is 1. The maximum absolute atomic E-state index is 12.7. The summed E-state index contributed by atoms with van der Waals surface area (Å²) < 4.78 is 0. The van der Waals surface area contributed by atoms with Gasteiger partial charge in [-0.2, -0.15) is 0 Å². The molecule has 1 heterocycles. The van der Waals surface area contributed by atoms with Crippen molar-refractivity contribution in [3.8, 4) is 0 Å². The van der Waals surface area contributed by atoms with Gasteiger partial charge in [0.15, 0.2) is 0 Å². The number of carbonyl (C=O) groups excluding carboxylic acids is 1. The van der Waals surface area contributed by atoms with Crippen LogP contribution in [-0.2, 0) is 6.54 Å². The van der Waals surface area contributed by atoms with Crippen molar-refractivity contribution in [3.05, 3.63) is 68.7 Å². The molecule has 2 aromatic carbocycles. The van der Waals surface area contributed by atoms with Crippen LogP contribution in [0, 0.1) is 10.1 Å². The number of carbonyl (C=O) groups is 1. The standard InChI is InChI=1S/C18H18ClN3O3/c19-16-6-2-1-5-13(16)12-20-18(23)15-11-14(22(24)25)7-8-17(15)21-9-3-4-10-21/h1-2,5-8,11H,3-4,9-10,12H2,(H,20,23). The van der Waals surface area contributed by atoms with E-state index < -0.39 is 4.92 Å². The molecule has 1 amide bonds. The van der Waals surface area contributed by atoms with Crippen LogP contribution >= 0.6 is 11.6 Å². The number of anilines is 1. The quantitative estimate of drug-likeness (QED) is 0.651. The summed E-state index contributed by atoms with van der Waals surface area (Å²) in [6.45, 7) is 1.96. The predicted octanol–water partition coefficient (Wildman–Crippen LogP) is 3.78. The first-order valence-electron chi connectivity index (χ1n) is 8.11. The van der Waals surface area contributed by atoms with E-state index in [0.717, 1.165) is 37.2 Å². The Hall–Kier alpha value is -2.60. The number of nitro benzene ring substituents is 1. The fraction of sp³-hybridized carbons (Fsp3) is 0.278. The van der Waals surface area contributed by atoms with Crippen LogP contribution in [0.5, 0.6) is 0 Å². The number of hydrogen-bond acceptors (Lipinski definition) is 4. The van der Waals surface area contributed by atoms with E-state index in [1.807, 2.05) is 18.2 Å². The van der Waals surface area contributed by atoms with Gasteiger partial charge in [-0.1, -0.05) is 29.8 Å². The topological polar surface area (TPSA) is 75.5 Å². The van der Waals surface area contributed by atoms with Crippen LogP contribution in [0.25, 0.3) is 0 Å². The van der Waals surface area contributed by atoms with Crippen molar-refractivity contribution >= 4 is 28.9 Å². The van der Waals surface area contributed by atoms with Gasteiger partial charge in [0.1, 0.15) is 0 Å². The first-order valence-corrected chi connectivity index (χ1v) is 8.49. The molecule has 0 bridgehead atoms. The number of benzene rings is 2. The van der Waals surface area contributed by atoms with Crippen molar-refractivity contribution < 1.29 is 9.72 Å². The van der Waals surface area contributed by atoms with Crippen molar-refractivity contribution in [1.82, 2.24) is 5.32 Å². The minimum Gasteiger partial charge on any atom is -0.371 e. The van der Waals surface area contributed by atoms with Gasteiger partial charge in [0, 0.05) is 36.8 Å². The molecule has 7 heteroatoms. The molecule has 0 radical (unpaired) electrons.